The summed E-state index contributed by atoms with van der Waals surface area (Å²) in [5, 5.41) is 13.1. The molecule has 3 aromatic rings. The summed E-state index contributed by atoms with van der Waals surface area (Å²) in [5.74, 6) is -1.62. The second-order valence-corrected chi connectivity index (χ2v) is 4.45. The highest BCUT2D eigenvalue weighted by atomic mass is 19.1. The van der Waals surface area contributed by atoms with Gasteiger partial charge in [0.25, 0.3) is 0 Å². The molecule has 21 heavy (non-hydrogen) atoms. The van der Waals surface area contributed by atoms with E-state index in [0.717, 1.165) is 23.8 Å². The lowest BCUT2D eigenvalue weighted by Crippen LogP contribution is -2.03. The molecule has 2 aromatic heterocycles. The molecule has 1 N–H and O–H groups in total. The number of hydrogen-bond donors (Lipinski definition) is 1. The number of carboxylic acid groups (broad SMARTS) is 1. The molecule has 7 heteroatoms. The molecule has 0 aliphatic heterocycles. The van der Waals surface area contributed by atoms with Gasteiger partial charge >= 0.3 is 5.97 Å². The molecule has 3 rings (SSSR count). The number of halogens is 1. The van der Waals surface area contributed by atoms with E-state index in [4.69, 9.17) is 9.84 Å². The summed E-state index contributed by atoms with van der Waals surface area (Å²) in [5.41, 5.74) is 1.28. The third kappa shape index (κ3) is 2.40. The predicted octanol–water partition coefficient (Wildman–Crippen LogP) is 2.67. The number of ether oxygens (including phenoxy) is 1. The molecule has 0 fully saturated rings. The van der Waals surface area contributed by atoms with Crippen LogP contribution in [0.25, 0.3) is 5.65 Å². The SMILES string of the molecule is Cc1cc(Oc2cc(F)ccc2C(=O)O)n2ncnc2c1. The fraction of sp³-hybridized carbons (Fsp3) is 0.0714. The van der Waals surface area contributed by atoms with Crippen molar-refractivity contribution in [3.8, 4) is 11.6 Å². The first-order valence-electron chi connectivity index (χ1n) is 6.05. The molecule has 0 atom stereocenters. The summed E-state index contributed by atoms with van der Waals surface area (Å²) in [4.78, 5) is 15.2. The summed E-state index contributed by atoms with van der Waals surface area (Å²) in [6.45, 7) is 1.84. The molecule has 0 radical (unpaired) electrons. The van der Waals surface area contributed by atoms with Crippen molar-refractivity contribution in [3.63, 3.8) is 0 Å². The third-order valence-electron chi connectivity index (χ3n) is 2.88. The number of aromatic carboxylic acids is 1. The van der Waals surface area contributed by atoms with Gasteiger partial charge in [0.2, 0.25) is 5.88 Å². The number of benzene rings is 1. The van der Waals surface area contributed by atoms with E-state index in [0.29, 0.717) is 5.65 Å². The lowest BCUT2D eigenvalue weighted by Gasteiger charge is -2.10. The minimum atomic E-state index is -1.20. The van der Waals surface area contributed by atoms with E-state index in [1.54, 1.807) is 12.1 Å². The summed E-state index contributed by atoms with van der Waals surface area (Å²) < 4.78 is 20.3. The summed E-state index contributed by atoms with van der Waals surface area (Å²) in [7, 11) is 0. The fourth-order valence-corrected chi connectivity index (χ4v) is 1.96. The van der Waals surface area contributed by atoms with E-state index in [1.165, 1.54) is 10.8 Å². The Bertz CT molecular complexity index is 845. The van der Waals surface area contributed by atoms with Gasteiger partial charge < -0.3 is 9.84 Å². The summed E-state index contributed by atoms with van der Waals surface area (Å²) in [6.07, 6.45) is 1.35. The summed E-state index contributed by atoms with van der Waals surface area (Å²) in [6, 6.07) is 6.70. The van der Waals surface area contributed by atoms with Gasteiger partial charge in [-0.25, -0.2) is 14.2 Å². The Hall–Kier alpha value is -2.96. The van der Waals surface area contributed by atoms with Crippen LogP contribution >= 0.6 is 0 Å². The van der Waals surface area contributed by atoms with Gasteiger partial charge in [0.1, 0.15) is 23.5 Å². The number of fused-ring (bicyclic) bond motifs is 1. The van der Waals surface area contributed by atoms with E-state index < -0.39 is 11.8 Å². The van der Waals surface area contributed by atoms with Crippen LogP contribution in [0.15, 0.2) is 36.7 Å². The molecule has 0 aliphatic rings. The predicted molar refractivity (Wildman–Crippen MR) is 71.2 cm³/mol. The lowest BCUT2D eigenvalue weighted by molar-refractivity contribution is 0.0694. The van der Waals surface area contributed by atoms with Crippen LogP contribution in [0.4, 0.5) is 4.39 Å². The van der Waals surface area contributed by atoms with Crippen LogP contribution in [0, 0.1) is 12.7 Å². The third-order valence-corrected chi connectivity index (χ3v) is 2.88. The minimum Gasteiger partial charge on any atom is -0.478 e. The fourth-order valence-electron chi connectivity index (χ4n) is 1.96. The number of rotatable bonds is 3. The van der Waals surface area contributed by atoms with Crippen LogP contribution in [-0.4, -0.2) is 25.7 Å². The van der Waals surface area contributed by atoms with Crippen LogP contribution in [-0.2, 0) is 0 Å². The molecule has 0 saturated heterocycles. The van der Waals surface area contributed by atoms with E-state index in [9.17, 15) is 9.18 Å². The zero-order chi connectivity index (χ0) is 15.0. The largest absolute Gasteiger partial charge is 0.478 e. The van der Waals surface area contributed by atoms with Crippen LogP contribution in [0.2, 0.25) is 0 Å². The van der Waals surface area contributed by atoms with Gasteiger partial charge in [-0.15, -0.1) is 0 Å². The van der Waals surface area contributed by atoms with Gasteiger partial charge in [-0.2, -0.15) is 9.61 Å². The molecule has 0 bridgehead atoms. The Morgan fingerprint density at radius 1 is 1.33 bits per heavy atom. The van der Waals surface area contributed by atoms with Crippen LogP contribution in [0.3, 0.4) is 0 Å². The Morgan fingerprint density at radius 3 is 2.90 bits per heavy atom. The van der Waals surface area contributed by atoms with E-state index in [1.807, 2.05) is 6.92 Å². The molecule has 1 aromatic carbocycles. The zero-order valence-corrected chi connectivity index (χ0v) is 10.9. The molecular formula is C14H10FN3O3. The number of pyridine rings is 1. The van der Waals surface area contributed by atoms with Crippen LogP contribution in [0.1, 0.15) is 15.9 Å². The standard InChI is InChI=1S/C14H10FN3O3/c1-8-4-12-16-7-17-18(12)13(5-8)21-11-6-9(15)2-3-10(11)14(19)20/h2-7H,1H3,(H,19,20). The van der Waals surface area contributed by atoms with Crippen molar-refractivity contribution in [1.29, 1.82) is 0 Å². The van der Waals surface area contributed by atoms with Crippen molar-refractivity contribution in [2.75, 3.05) is 0 Å². The van der Waals surface area contributed by atoms with E-state index in [-0.39, 0.29) is 17.2 Å². The molecular weight excluding hydrogens is 277 g/mol. The second kappa shape index (κ2) is 4.86. The molecule has 106 valence electrons. The van der Waals surface area contributed by atoms with Crippen molar-refractivity contribution in [2.45, 2.75) is 6.92 Å². The molecule has 0 amide bonds. The topological polar surface area (TPSA) is 76.7 Å². The van der Waals surface area contributed by atoms with E-state index in [2.05, 4.69) is 10.1 Å². The van der Waals surface area contributed by atoms with Crippen molar-refractivity contribution < 1.29 is 19.0 Å². The van der Waals surface area contributed by atoms with Crippen molar-refractivity contribution in [2.24, 2.45) is 0 Å². The highest BCUT2D eigenvalue weighted by Crippen LogP contribution is 2.27. The zero-order valence-electron chi connectivity index (χ0n) is 10.9. The number of carbonyl (C=O) groups is 1. The van der Waals surface area contributed by atoms with Gasteiger partial charge in [-0.05, 0) is 30.7 Å². The molecule has 2 heterocycles. The maximum Gasteiger partial charge on any atom is 0.339 e. The smallest absolute Gasteiger partial charge is 0.339 e. The Morgan fingerprint density at radius 2 is 2.14 bits per heavy atom. The van der Waals surface area contributed by atoms with Crippen LogP contribution < -0.4 is 4.74 Å². The number of nitrogens with zero attached hydrogens (tertiary/aromatic N) is 3. The number of carboxylic acids is 1. The normalized spacial score (nSPS) is 10.8. The van der Waals surface area contributed by atoms with Crippen LogP contribution in [0.5, 0.6) is 11.6 Å². The van der Waals surface area contributed by atoms with Crippen molar-refractivity contribution in [1.82, 2.24) is 14.6 Å². The first kappa shape index (κ1) is 13.0. The lowest BCUT2D eigenvalue weighted by atomic mass is 10.2. The maximum atomic E-state index is 13.3. The minimum absolute atomic E-state index is 0.0927. The Kier molecular flexibility index (Phi) is 3.02. The number of aryl methyl sites for hydroxylation is 1. The van der Waals surface area contributed by atoms with Gasteiger partial charge in [-0.3, -0.25) is 0 Å². The number of hydrogen-bond acceptors (Lipinski definition) is 4. The second-order valence-electron chi connectivity index (χ2n) is 4.45. The number of aromatic nitrogens is 3. The monoisotopic (exact) mass is 287 g/mol. The highest BCUT2D eigenvalue weighted by molar-refractivity contribution is 5.90. The first-order valence-corrected chi connectivity index (χ1v) is 6.05. The highest BCUT2D eigenvalue weighted by Gasteiger charge is 2.15. The van der Waals surface area contributed by atoms with Gasteiger partial charge in [0.05, 0.1) is 0 Å². The van der Waals surface area contributed by atoms with Gasteiger partial charge in [0.15, 0.2) is 5.65 Å². The van der Waals surface area contributed by atoms with Crippen molar-refractivity contribution >= 4 is 11.6 Å². The average molecular weight is 287 g/mol. The Labute approximate surface area is 118 Å². The average Bonchev–Trinajstić information content (AvgIpc) is 2.86. The Balaban J connectivity index is 2.12. The maximum absolute atomic E-state index is 13.3. The van der Waals surface area contributed by atoms with E-state index >= 15 is 0 Å². The molecule has 0 saturated carbocycles. The molecule has 0 spiro atoms. The molecule has 0 unspecified atom stereocenters. The quantitative estimate of drug-likeness (QED) is 0.801. The summed E-state index contributed by atoms with van der Waals surface area (Å²) >= 11 is 0. The first-order chi connectivity index (χ1) is 10.0. The van der Waals surface area contributed by atoms with Gasteiger partial charge in [0, 0.05) is 12.1 Å². The van der Waals surface area contributed by atoms with Gasteiger partial charge in [-0.1, -0.05) is 0 Å². The molecule has 0 aliphatic carbocycles. The van der Waals surface area contributed by atoms with Crippen molar-refractivity contribution in [3.05, 3.63) is 53.6 Å². The molecule has 6 nitrogen and oxygen atoms in total.